The molecule has 0 fully saturated rings. The molecule has 4 rings (SSSR count). The van der Waals surface area contributed by atoms with E-state index in [-0.39, 0.29) is 0 Å². The number of fused-ring (bicyclic) bond motifs is 1. The number of imide groups is 1. The maximum atomic E-state index is 13.7. The first-order valence-corrected chi connectivity index (χ1v) is 9.87. The minimum absolute atomic E-state index is 0.401. The van der Waals surface area contributed by atoms with Crippen molar-refractivity contribution >= 4 is 40.9 Å². The van der Waals surface area contributed by atoms with E-state index in [9.17, 15) is 9.59 Å². The molecule has 3 aromatic carbocycles. The second-order valence-corrected chi connectivity index (χ2v) is 7.31. The fourth-order valence-electron chi connectivity index (χ4n) is 3.40. The highest BCUT2D eigenvalue weighted by molar-refractivity contribution is 6.32. The van der Waals surface area contributed by atoms with Crippen molar-refractivity contribution < 1.29 is 9.59 Å². The van der Waals surface area contributed by atoms with Gasteiger partial charge in [-0.15, -0.1) is 0 Å². The Morgan fingerprint density at radius 1 is 0.867 bits per heavy atom. The summed E-state index contributed by atoms with van der Waals surface area (Å²) in [5.74, 6) is -0.822. The van der Waals surface area contributed by atoms with E-state index in [1.54, 1.807) is 54.7 Å². The highest BCUT2D eigenvalue weighted by Gasteiger charge is 2.29. The van der Waals surface area contributed by atoms with E-state index in [0.29, 0.717) is 21.8 Å². The van der Waals surface area contributed by atoms with Gasteiger partial charge in [-0.25, -0.2) is 4.90 Å². The Balaban J connectivity index is 1.86. The molecule has 1 aliphatic rings. The Kier molecular flexibility index (Phi) is 5.50. The number of benzene rings is 3. The number of halogens is 1. The van der Waals surface area contributed by atoms with Crippen LogP contribution in [0.3, 0.4) is 0 Å². The fraction of sp³-hybridized carbons (Fsp3) is 0.0400. The molecule has 148 valence electrons. The first-order chi connectivity index (χ1) is 14.6. The van der Waals surface area contributed by atoms with E-state index in [1.165, 1.54) is 4.90 Å². The van der Waals surface area contributed by atoms with Crippen LogP contribution in [0.15, 0.2) is 85.1 Å². The smallest absolute Gasteiger partial charge is 0.266 e. The van der Waals surface area contributed by atoms with Crippen LogP contribution in [0.5, 0.6) is 0 Å². The average molecular weight is 415 g/mol. The monoisotopic (exact) mass is 414 g/mol. The summed E-state index contributed by atoms with van der Waals surface area (Å²) in [5.41, 5.74) is 3.60. The molecule has 0 bridgehead atoms. The number of hydrogen-bond donors (Lipinski definition) is 1. The molecule has 4 nitrogen and oxygen atoms in total. The Morgan fingerprint density at radius 3 is 2.40 bits per heavy atom. The highest BCUT2D eigenvalue weighted by atomic mass is 35.5. The average Bonchev–Trinajstić information content (AvgIpc) is 2.99. The standard InChI is InChI=1S/C25H19ClN2O2/c1-17-8-2-3-11-20(17)24(29)28(19-10-6-9-18(26)16-19)25(30)22-13-7-14-23-21(22)12-4-5-15-27-23/h2-16,27H,1H3. The van der Waals surface area contributed by atoms with Crippen LogP contribution in [0.25, 0.3) is 6.08 Å². The SMILES string of the molecule is Cc1ccccc1C(=O)N(C(=O)c1cccc2c1C=CC=CN2)c1cccc(Cl)c1. The zero-order valence-electron chi connectivity index (χ0n) is 16.3. The Hall–Kier alpha value is -3.63. The second-order valence-electron chi connectivity index (χ2n) is 6.87. The summed E-state index contributed by atoms with van der Waals surface area (Å²) in [7, 11) is 0. The summed E-state index contributed by atoms with van der Waals surface area (Å²) in [5, 5.41) is 3.60. The second kappa shape index (κ2) is 8.39. The highest BCUT2D eigenvalue weighted by Crippen LogP contribution is 2.29. The normalized spacial score (nSPS) is 11.9. The first kappa shape index (κ1) is 19.7. The summed E-state index contributed by atoms with van der Waals surface area (Å²) in [6.07, 6.45) is 7.35. The number of nitrogens with one attached hydrogen (secondary N) is 1. The van der Waals surface area contributed by atoms with Gasteiger partial charge in [-0.05, 0) is 55.0 Å². The molecule has 0 atom stereocenters. The topological polar surface area (TPSA) is 49.4 Å². The minimum atomic E-state index is -0.421. The Morgan fingerprint density at radius 2 is 1.60 bits per heavy atom. The number of hydrogen-bond acceptors (Lipinski definition) is 3. The van der Waals surface area contributed by atoms with Crippen LogP contribution < -0.4 is 10.2 Å². The molecule has 0 saturated carbocycles. The van der Waals surface area contributed by atoms with Gasteiger partial charge in [-0.2, -0.15) is 0 Å². The number of allylic oxidation sites excluding steroid dienone is 2. The van der Waals surface area contributed by atoms with Gasteiger partial charge in [0.25, 0.3) is 11.8 Å². The van der Waals surface area contributed by atoms with Crippen molar-refractivity contribution in [1.82, 2.24) is 0 Å². The molecule has 5 heteroatoms. The number of aryl methyl sites for hydroxylation is 1. The van der Waals surface area contributed by atoms with Gasteiger partial charge < -0.3 is 5.32 Å². The van der Waals surface area contributed by atoms with Crippen molar-refractivity contribution in [2.75, 3.05) is 10.2 Å². The molecule has 3 aromatic rings. The fourth-order valence-corrected chi connectivity index (χ4v) is 3.58. The van der Waals surface area contributed by atoms with E-state index >= 15 is 0 Å². The lowest BCUT2D eigenvalue weighted by atomic mass is 10.0. The molecule has 0 spiro atoms. The van der Waals surface area contributed by atoms with Gasteiger partial charge in [0.1, 0.15) is 0 Å². The van der Waals surface area contributed by atoms with Crippen LogP contribution in [0.4, 0.5) is 11.4 Å². The molecule has 0 radical (unpaired) electrons. The summed E-state index contributed by atoms with van der Waals surface area (Å²) in [6, 6.07) is 19.4. The van der Waals surface area contributed by atoms with Crippen LogP contribution in [0.2, 0.25) is 5.02 Å². The Bertz CT molecular complexity index is 1200. The predicted molar refractivity (Wildman–Crippen MR) is 122 cm³/mol. The molecule has 1 N–H and O–H groups in total. The van der Waals surface area contributed by atoms with Gasteiger partial charge in [0.2, 0.25) is 0 Å². The molecule has 1 aliphatic heterocycles. The summed E-state index contributed by atoms with van der Waals surface area (Å²) in [6.45, 7) is 1.85. The summed E-state index contributed by atoms with van der Waals surface area (Å²) < 4.78 is 0. The molecule has 1 heterocycles. The van der Waals surface area contributed by atoms with Gasteiger partial charge in [0.15, 0.2) is 0 Å². The van der Waals surface area contributed by atoms with Crippen LogP contribution in [0.1, 0.15) is 31.8 Å². The van der Waals surface area contributed by atoms with Crippen LogP contribution >= 0.6 is 11.6 Å². The largest absolute Gasteiger partial charge is 0.361 e. The predicted octanol–water partition coefficient (Wildman–Crippen LogP) is 6.09. The van der Waals surface area contributed by atoms with Crippen LogP contribution in [-0.2, 0) is 0 Å². The Labute approximate surface area is 180 Å². The summed E-state index contributed by atoms with van der Waals surface area (Å²) in [4.78, 5) is 28.5. The molecular formula is C25H19ClN2O2. The third kappa shape index (κ3) is 3.78. The van der Waals surface area contributed by atoms with E-state index in [2.05, 4.69) is 5.32 Å². The lowest BCUT2D eigenvalue weighted by molar-refractivity contribution is 0.0897. The minimum Gasteiger partial charge on any atom is -0.361 e. The molecule has 2 amide bonds. The number of nitrogens with zero attached hydrogens (tertiary/aromatic N) is 1. The van der Waals surface area contributed by atoms with Crippen molar-refractivity contribution in [1.29, 1.82) is 0 Å². The molecule has 30 heavy (non-hydrogen) atoms. The lowest BCUT2D eigenvalue weighted by Crippen LogP contribution is -2.38. The van der Waals surface area contributed by atoms with Crippen molar-refractivity contribution in [2.45, 2.75) is 6.92 Å². The molecular weight excluding hydrogens is 396 g/mol. The maximum Gasteiger partial charge on any atom is 0.266 e. The first-order valence-electron chi connectivity index (χ1n) is 9.49. The lowest BCUT2D eigenvalue weighted by Gasteiger charge is -2.23. The number of anilines is 2. The maximum absolute atomic E-state index is 13.7. The van der Waals surface area contributed by atoms with Gasteiger partial charge in [-0.3, -0.25) is 9.59 Å². The number of rotatable bonds is 3. The summed E-state index contributed by atoms with van der Waals surface area (Å²) >= 11 is 6.18. The number of carbonyl (C=O) groups is 2. The molecule has 0 aliphatic carbocycles. The van der Waals surface area contributed by atoms with E-state index in [0.717, 1.165) is 16.8 Å². The van der Waals surface area contributed by atoms with Crippen LogP contribution in [0, 0.1) is 6.92 Å². The zero-order valence-corrected chi connectivity index (χ0v) is 17.1. The van der Waals surface area contributed by atoms with E-state index < -0.39 is 11.8 Å². The molecule has 0 saturated heterocycles. The van der Waals surface area contributed by atoms with Crippen LogP contribution in [-0.4, -0.2) is 11.8 Å². The van der Waals surface area contributed by atoms with Gasteiger partial charge >= 0.3 is 0 Å². The van der Waals surface area contributed by atoms with E-state index in [4.69, 9.17) is 11.6 Å². The molecule has 0 unspecified atom stereocenters. The zero-order chi connectivity index (χ0) is 21.1. The van der Waals surface area contributed by atoms with Crippen molar-refractivity contribution in [3.63, 3.8) is 0 Å². The van der Waals surface area contributed by atoms with Gasteiger partial charge in [0, 0.05) is 33.6 Å². The number of amides is 2. The van der Waals surface area contributed by atoms with Crippen molar-refractivity contribution in [3.8, 4) is 0 Å². The third-order valence-corrected chi connectivity index (χ3v) is 5.13. The third-order valence-electron chi connectivity index (χ3n) is 4.89. The quantitative estimate of drug-likeness (QED) is 0.528. The molecule has 0 aromatic heterocycles. The number of carbonyl (C=O) groups excluding carboxylic acids is 2. The van der Waals surface area contributed by atoms with Gasteiger partial charge in [-0.1, -0.05) is 54.1 Å². The van der Waals surface area contributed by atoms with Crippen molar-refractivity contribution in [3.05, 3.63) is 112 Å². The van der Waals surface area contributed by atoms with E-state index in [1.807, 2.05) is 43.4 Å². The van der Waals surface area contributed by atoms with Crippen molar-refractivity contribution in [2.24, 2.45) is 0 Å². The van der Waals surface area contributed by atoms with Gasteiger partial charge in [0.05, 0.1) is 5.69 Å².